The molecule has 8 heteroatoms. The third kappa shape index (κ3) is 6.48. The predicted octanol–water partition coefficient (Wildman–Crippen LogP) is 3.44. The lowest BCUT2D eigenvalue weighted by atomic mass is 10.1. The summed E-state index contributed by atoms with van der Waals surface area (Å²) in [5.41, 5.74) is 1.19. The van der Waals surface area contributed by atoms with Crippen molar-refractivity contribution in [3.63, 3.8) is 0 Å². The number of nitrogens with one attached hydrogen (secondary N) is 3. The molecular formula is C19H18ClN3O4. The summed E-state index contributed by atoms with van der Waals surface area (Å²) in [7, 11) is 1.27. The summed E-state index contributed by atoms with van der Waals surface area (Å²) >= 11 is 5.81. The maximum atomic E-state index is 12.3. The molecule has 0 aliphatic carbocycles. The summed E-state index contributed by atoms with van der Waals surface area (Å²) in [6.07, 6.45) is 2.68. The van der Waals surface area contributed by atoms with Gasteiger partial charge in [-0.25, -0.2) is 9.59 Å². The number of hydrogen-bond donors (Lipinski definition) is 3. The van der Waals surface area contributed by atoms with E-state index >= 15 is 0 Å². The third-order valence-corrected chi connectivity index (χ3v) is 3.61. The highest BCUT2D eigenvalue weighted by molar-refractivity contribution is 6.30. The van der Waals surface area contributed by atoms with Gasteiger partial charge in [-0.05, 0) is 36.4 Å². The second-order valence-electron chi connectivity index (χ2n) is 5.27. The average Bonchev–Trinajstić information content (AvgIpc) is 2.67. The molecule has 2 aromatic carbocycles. The minimum atomic E-state index is -0.509. The molecule has 0 aliphatic rings. The lowest BCUT2D eigenvalue weighted by molar-refractivity contribution is -0.134. The molecule has 0 saturated carbocycles. The first kappa shape index (κ1) is 20.0. The van der Waals surface area contributed by atoms with Crippen LogP contribution in [0.5, 0.6) is 0 Å². The number of carbonyl (C=O) groups excluding carboxylic acids is 3. The summed E-state index contributed by atoms with van der Waals surface area (Å²) in [5.74, 6) is -0.905. The number of anilines is 2. The van der Waals surface area contributed by atoms with Crippen molar-refractivity contribution < 1.29 is 19.1 Å². The Bertz CT molecular complexity index is 850. The van der Waals surface area contributed by atoms with Gasteiger partial charge in [-0.15, -0.1) is 0 Å². The number of esters is 1. The second kappa shape index (κ2) is 9.98. The molecule has 0 atom stereocenters. The van der Waals surface area contributed by atoms with Crippen LogP contribution in [-0.2, 0) is 9.53 Å². The van der Waals surface area contributed by atoms with E-state index in [0.29, 0.717) is 16.4 Å². The first-order valence-electron chi connectivity index (χ1n) is 7.95. The Labute approximate surface area is 161 Å². The van der Waals surface area contributed by atoms with Crippen molar-refractivity contribution in [2.24, 2.45) is 0 Å². The van der Waals surface area contributed by atoms with E-state index in [1.54, 1.807) is 48.5 Å². The fourth-order valence-electron chi connectivity index (χ4n) is 2.08. The van der Waals surface area contributed by atoms with Crippen molar-refractivity contribution in [1.29, 1.82) is 0 Å². The molecule has 0 bridgehead atoms. The molecule has 7 nitrogen and oxygen atoms in total. The highest BCUT2D eigenvalue weighted by Crippen LogP contribution is 2.17. The van der Waals surface area contributed by atoms with Crippen LogP contribution >= 0.6 is 11.6 Å². The second-order valence-corrected chi connectivity index (χ2v) is 5.70. The zero-order chi connectivity index (χ0) is 19.6. The SMILES string of the molecule is COC(=O)/C=C/CNC(=O)c1ccccc1NC(=O)Nc1ccc(Cl)cc1. The minimum Gasteiger partial charge on any atom is -0.466 e. The highest BCUT2D eigenvalue weighted by Gasteiger charge is 2.12. The number of para-hydroxylation sites is 1. The van der Waals surface area contributed by atoms with Gasteiger partial charge < -0.3 is 20.7 Å². The number of carbonyl (C=O) groups is 3. The van der Waals surface area contributed by atoms with Crippen LogP contribution in [0.1, 0.15) is 10.4 Å². The van der Waals surface area contributed by atoms with Crippen LogP contribution in [0.25, 0.3) is 0 Å². The van der Waals surface area contributed by atoms with E-state index in [0.717, 1.165) is 0 Å². The molecule has 0 saturated heterocycles. The van der Waals surface area contributed by atoms with Crippen LogP contribution in [0.4, 0.5) is 16.2 Å². The number of methoxy groups -OCH3 is 1. The van der Waals surface area contributed by atoms with Crippen molar-refractivity contribution in [2.75, 3.05) is 24.3 Å². The van der Waals surface area contributed by atoms with E-state index in [9.17, 15) is 14.4 Å². The Kier molecular flexibility index (Phi) is 7.39. The molecule has 27 heavy (non-hydrogen) atoms. The van der Waals surface area contributed by atoms with Gasteiger partial charge in [0.15, 0.2) is 0 Å². The van der Waals surface area contributed by atoms with Crippen LogP contribution in [-0.4, -0.2) is 31.6 Å². The third-order valence-electron chi connectivity index (χ3n) is 3.36. The fraction of sp³-hybridized carbons (Fsp3) is 0.105. The quantitative estimate of drug-likeness (QED) is 0.522. The number of halogens is 1. The summed E-state index contributed by atoms with van der Waals surface area (Å²) < 4.78 is 4.46. The number of amides is 3. The summed E-state index contributed by atoms with van der Waals surface area (Å²) in [6.45, 7) is 0.138. The number of rotatable bonds is 6. The first-order chi connectivity index (χ1) is 13.0. The largest absolute Gasteiger partial charge is 0.466 e. The molecule has 0 fully saturated rings. The van der Waals surface area contributed by atoms with Gasteiger partial charge in [-0.2, -0.15) is 0 Å². The summed E-state index contributed by atoms with van der Waals surface area (Å²) in [5, 5.41) is 8.48. The number of urea groups is 1. The smallest absolute Gasteiger partial charge is 0.330 e. The van der Waals surface area contributed by atoms with Gasteiger partial charge in [-0.1, -0.05) is 29.8 Å². The van der Waals surface area contributed by atoms with E-state index in [-0.39, 0.29) is 12.1 Å². The predicted molar refractivity (Wildman–Crippen MR) is 104 cm³/mol. The Hall–Kier alpha value is -3.32. The molecule has 2 rings (SSSR count). The zero-order valence-electron chi connectivity index (χ0n) is 14.5. The van der Waals surface area contributed by atoms with E-state index in [1.165, 1.54) is 19.3 Å². The maximum absolute atomic E-state index is 12.3. The molecule has 0 unspecified atom stereocenters. The molecule has 2 aromatic rings. The molecule has 0 heterocycles. The van der Waals surface area contributed by atoms with Gasteiger partial charge in [0, 0.05) is 23.3 Å². The van der Waals surface area contributed by atoms with Crippen molar-refractivity contribution in [3.05, 3.63) is 71.3 Å². The summed E-state index contributed by atoms with van der Waals surface area (Å²) in [4.78, 5) is 35.5. The van der Waals surface area contributed by atoms with Gasteiger partial charge in [0.25, 0.3) is 5.91 Å². The lowest BCUT2D eigenvalue weighted by Gasteiger charge is -2.12. The van der Waals surface area contributed by atoms with Gasteiger partial charge in [0.05, 0.1) is 18.4 Å². The Morgan fingerprint density at radius 3 is 2.44 bits per heavy atom. The molecule has 0 radical (unpaired) electrons. The molecular weight excluding hydrogens is 370 g/mol. The Morgan fingerprint density at radius 1 is 1.04 bits per heavy atom. The molecule has 3 N–H and O–H groups in total. The Balaban J connectivity index is 1.98. The first-order valence-corrected chi connectivity index (χ1v) is 8.32. The number of benzene rings is 2. The molecule has 0 spiro atoms. The number of hydrogen-bond acceptors (Lipinski definition) is 4. The molecule has 140 valence electrons. The van der Waals surface area contributed by atoms with Crippen molar-refractivity contribution in [2.45, 2.75) is 0 Å². The highest BCUT2D eigenvalue weighted by atomic mass is 35.5. The lowest BCUT2D eigenvalue weighted by Crippen LogP contribution is -2.26. The monoisotopic (exact) mass is 387 g/mol. The average molecular weight is 388 g/mol. The van der Waals surface area contributed by atoms with Crippen LogP contribution in [0.15, 0.2) is 60.7 Å². The summed E-state index contributed by atoms with van der Waals surface area (Å²) in [6, 6.07) is 12.7. The Morgan fingerprint density at radius 2 is 1.74 bits per heavy atom. The van der Waals surface area contributed by atoms with Gasteiger partial charge in [0.1, 0.15) is 0 Å². The van der Waals surface area contributed by atoms with Crippen molar-refractivity contribution in [3.8, 4) is 0 Å². The van der Waals surface area contributed by atoms with E-state index < -0.39 is 17.9 Å². The zero-order valence-corrected chi connectivity index (χ0v) is 15.2. The van der Waals surface area contributed by atoms with Gasteiger partial charge >= 0.3 is 12.0 Å². The van der Waals surface area contributed by atoms with Gasteiger partial charge in [0.2, 0.25) is 0 Å². The minimum absolute atomic E-state index is 0.138. The van der Waals surface area contributed by atoms with E-state index in [4.69, 9.17) is 11.6 Å². The number of ether oxygens (including phenoxy) is 1. The fourth-order valence-corrected chi connectivity index (χ4v) is 2.20. The van der Waals surface area contributed by atoms with Crippen LogP contribution in [0.3, 0.4) is 0 Å². The van der Waals surface area contributed by atoms with E-state index in [2.05, 4.69) is 20.7 Å². The topological polar surface area (TPSA) is 96.5 Å². The van der Waals surface area contributed by atoms with E-state index in [1.807, 2.05) is 0 Å². The molecule has 3 amide bonds. The maximum Gasteiger partial charge on any atom is 0.330 e. The molecule has 0 aliphatic heterocycles. The van der Waals surface area contributed by atoms with Crippen LogP contribution in [0.2, 0.25) is 5.02 Å². The van der Waals surface area contributed by atoms with Crippen LogP contribution < -0.4 is 16.0 Å². The van der Waals surface area contributed by atoms with Crippen molar-refractivity contribution >= 4 is 40.9 Å². The van der Waals surface area contributed by atoms with Gasteiger partial charge in [-0.3, -0.25) is 4.79 Å². The van der Waals surface area contributed by atoms with Crippen molar-refractivity contribution in [1.82, 2.24) is 5.32 Å². The normalized spacial score (nSPS) is 10.3. The van der Waals surface area contributed by atoms with Crippen LogP contribution in [0, 0.1) is 0 Å². The molecule has 0 aromatic heterocycles. The standard InChI is InChI=1S/C19H18ClN3O4/c1-27-17(24)7-4-12-21-18(25)15-5-2-3-6-16(15)23-19(26)22-14-10-8-13(20)9-11-14/h2-11H,12H2,1H3,(H,21,25)(H2,22,23,26)/b7-4+.